The van der Waals surface area contributed by atoms with Crippen LogP contribution in [0.2, 0.25) is 0 Å². The molecule has 0 aliphatic carbocycles. The minimum Gasteiger partial charge on any atom is -0.480 e. The second-order valence-corrected chi connectivity index (χ2v) is 19.5. The highest BCUT2D eigenvalue weighted by Crippen LogP contribution is 2.25. The summed E-state index contributed by atoms with van der Waals surface area (Å²) in [5.41, 5.74) is -3.53. The van der Waals surface area contributed by atoms with Gasteiger partial charge in [-0.3, -0.25) is 58.0 Å². The van der Waals surface area contributed by atoms with Crippen molar-refractivity contribution in [3.05, 3.63) is 0 Å². The van der Waals surface area contributed by atoms with E-state index < -0.39 is 75.5 Å². The quantitative estimate of drug-likeness (QED) is 0.0633. The molecule has 0 aromatic heterocycles. The van der Waals surface area contributed by atoms with E-state index in [4.69, 9.17) is 14.3 Å². The molecule has 2 rings (SSSR count). The molecular formula is C42H71N7O16. The van der Waals surface area contributed by atoms with Gasteiger partial charge in [0.2, 0.25) is 11.8 Å². The number of rotatable bonds is 25. The van der Waals surface area contributed by atoms with E-state index in [1.165, 1.54) is 0 Å². The second-order valence-electron chi connectivity index (χ2n) is 19.5. The number of imide groups is 1. The Morgan fingerprint density at radius 2 is 1.02 bits per heavy atom. The minimum atomic E-state index is -1.22. The predicted molar refractivity (Wildman–Crippen MR) is 230 cm³/mol. The first kappa shape index (κ1) is 56.3. The molecule has 0 saturated carbocycles. The predicted octanol–water partition coefficient (Wildman–Crippen LogP) is -0.432. The molecular weight excluding hydrogens is 858 g/mol. The average Bonchev–Trinajstić information content (AvgIpc) is 3.45. The molecule has 0 aromatic carbocycles. The van der Waals surface area contributed by atoms with Gasteiger partial charge < -0.3 is 45.4 Å². The number of aliphatic carboxylic acids is 4. The number of ether oxygens (including phenoxy) is 2. The Morgan fingerprint density at radius 3 is 1.45 bits per heavy atom. The van der Waals surface area contributed by atoms with Gasteiger partial charge in [-0.15, -0.1) is 5.06 Å². The van der Waals surface area contributed by atoms with Crippen molar-refractivity contribution >= 4 is 53.5 Å². The average molecular weight is 930 g/mol. The van der Waals surface area contributed by atoms with Gasteiger partial charge in [-0.1, -0.05) is 13.8 Å². The van der Waals surface area contributed by atoms with Crippen LogP contribution < -0.4 is 10.6 Å². The Labute approximate surface area is 380 Å². The Balaban J connectivity index is 1.94. The van der Waals surface area contributed by atoms with Gasteiger partial charge in [0.15, 0.2) is 0 Å². The van der Waals surface area contributed by atoms with Crippen LogP contribution in [0, 0.1) is 10.8 Å². The highest BCUT2D eigenvalue weighted by molar-refractivity contribution is 6.01. The zero-order valence-corrected chi connectivity index (χ0v) is 39.1. The molecule has 2 saturated heterocycles. The molecule has 2 aliphatic heterocycles. The summed E-state index contributed by atoms with van der Waals surface area (Å²) in [7, 11) is 0. The number of carbonyl (C=O) groups is 9. The Bertz CT molecular complexity index is 1660. The number of carboxylic acids is 4. The molecule has 0 bridgehead atoms. The van der Waals surface area contributed by atoms with Crippen LogP contribution in [0.5, 0.6) is 0 Å². The van der Waals surface area contributed by atoms with E-state index in [1.807, 2.05) is 0 Å². The van der Waals surface area contributed by atoms with Gasteiger partial charge in [0.1, 0.15) is 6.04 Å². The molecule has 370 valence electrons. The standard InChI is InChI=1S/C42H71N7O16/c1-39(2,21-36(59)65-49-31(51)11-12-32(49)52)25-63-26-40(3,4)38(62)44-42(7,8)28-64-27-41(5,6)43-30(50)10-9-29(37(60)61)48-19-17-46(23-34(55)56)15-13-45(22-33(53)54)14-16-47(18-20-48)24-35(57)58/h29H,9-28H2,1-8H3,(H,43,50)(H,44,62)(H,53,54)(H,55,56)(H,57,58)(H,60,61). The van der Waals surface area contributed by atoms with E-state index in [0.717, 1.165) is 0 Å². The molecule has 0 spiro atoms. The Kier molecular flexibility index (Phi) is 21.8. The highest BCUT2D eigenvalue weighted by Gasteiger charge is 2.37. The Hall–Kier alpha value is -4.81. The fourth-order valence-electron chi connectivity index (χ4n) is 7.07. The maximum Gasteiger partial charge on any atom is 0.333 e. The highest BCUT2D eigenvalue weighted by atomic mass is 16.7. The van der Waals surface area contributed by atoms with Crippen molar-refractivity contribution in [3.63, 3.8) is 0 Å². The summed E-state index contributed by atoms with van der Waals surface area (Å²) in [4.78, 5) is 121. The number of nitrogens with one attached hydrogen (secondary N) is 2. The molecule has 2 heterocycles. The number of hydrogen-bond donors (Lipinski definition) is 6. The first-order valence-corrected chi connectivity index (χ1v) is 21.6. The summed E-state index contributed by atoms with van der Waals surface area (Å²) in [5, 5.41) is 45.1. The van der Waals surface area contributed by atoms with E-state index in [-0.39, 0.29) is 136 Å². The third-order valence-corrected chi connectivity index (χ3v) is 10.6. The lowest BCUT2D eigenvalue weighted by Gasteiger charge is -2.35. The van der Waals surface area contributed by atoms with Gasteiger partial charge in [-0.05, 0) is 53.4 Å². The van der Waals surface area contributed by atoms with Gasteiger partial charge in [-0.2, -0.15) is 0 Å². The van der Waals surface area contributed by atoms with Crippen molar-refractivity contribution in [1.82, 2.24) is 35.3 Å². The fourth-order valence-corrected chi connectivity index (χ4v) is 7.07. The zero-order valence-electron chi connectivity index (χ0n) is 39.1. The summed E-state index contributed by atoms with van der Waals surface area (Å²) in [5.74, 6) is -7.23. The van der Waals surface area contributed by atoms with Crippen molar-refractivity contribution in [1.29, 1.82) is 0 Å². The first-order chi connectivity index (χ1) is 30.0. The Morgan fingerprint density at radius 1 is 0.600 bits per heavy atom. The van der Waals surface area contributed by atoms with Crippen LogP contribution in [0.15, 0.2) is 0 Å². The smallest absolute Gasteiger partial charge is 0.333 e. The lowest BCUT2D eigenvalue weighted by Crippen LogP contribution is -2.54. The van der Waals surface area contributed by atoms with Crippen LogP contribution in [-0.2, 0) is 57.5 Å². The maximum atomic E-state index is 13.4. The van der Waals surface area contributed by atoms with E-state index in [1.54, 1.807) is 75.0 Å². The summed E-state index contributed by atoms with van der Waals surface area (Å²) >= 11 is 0. The second kappa shape index (κ2) is 25.2. The van der Waals surface area contributed by atoms with Crippen molar-refractivity contribution in [2.45, 2.75) is 105 Å². The van der Waals surface area contributed by atoms with Crippen LogP contribution in [0.25, 0.3) is 0 Å². The number of nitrogens with zero attached hydrogens (tertiary/aromatic N) is 5. The van der Waals surface area contributed by atoms with Crippen LogP contribution in [0.3, 0.4) is 0 Å². The third-order valence-electron chi connectivity index (χ3n) is 10.6. The number of carboxylic acid groups (broad SMARTS) is 4. The molecule has 23 nitrogen and oxygen atoms in total. The lowest BCUT2D eigenvalue weighted by atomic mass is 9.89. The van der Waals surface area contributed by atoms with Gasteiger partial charge in [0.05, 0.1) is 69.0 Å². The van der Waals surface area contributed by atoms with E-state index >= 15 is 0 Å². The molecule has 1 atom stereocenters. The first-order valence-electron chi connectivity index (χ1n) is 21.6. The van der Waals surface area contributed by atoms with Crippen LogP contribution >= 0.6 is 0 Å². The lowest BCUT2D eigenvalue weighted by molar-refractivity contribution is -0.199. The molecule has 6 N–H and O–H groups in total. The number of amides is 4. The number of hydroxylamine groups is 2. The van der Waals surface area contributed by atoms with Gasteiger partial charge in [-0.25, -0.2) is 4.79 Å². The van der Waals surface area contributed by atoms with Crippen LogP contribution in [-0.4, -0.2) is 214 Å². The normalized spacial score (nSPS) is 17.8. The molecule has 2 aliphatic rings. The summed E-state index contributed by atoms with van der Waals surface area (Å²) in [6.45, 7) is 14.0. The molecule has 0 radical (unpaired) electrons. The number of hydrogen-bond acceptors (Lipinski definition) is 16. The molecule has 65 heavy (non-hydrogen) atoms. The SMILES string of the molecule is CC(C)(COCC(C)(C)C(=O)NC(C)(C)COCC(C)(C)NC(=O)CCC(C(=O)O)N1CCN(CC(=O)O)CCN(CC(=O)O)CCN(CC(=O)O)CC1)CC(=O)ON1C(=O)CCC1=O. The minimum absolute atomic E-state index is 0.00171. The van der Waals surface area contributed by atoms with Gasteiger partial charge in [0, 0.05) is 71.6 Å². The zero-order chi connectivity index (χ0) is 49.3. The third kappa shape index (κ3) is 21.8. The molecule has 23 heteroatoms. The van der Waals surface area contributed by atoms with E-state index in [0.29, 0.717) is 5.06 Å². The van der Waals surface area contributed by atoms with Crippen LogP contribution in [0.4, 0.5) is 0 Å². The van der Waals surface area contributed by atoms with Gasteiger partial charge >= 0.3 is 29.8 Å². The molecule has 0 aromatic rings. The topological polar surface area (TPSA) is 302 Å². The number of carbonyl (C=O) groups excluding carboxylic acids is 5. The van der Waals surface area contributed by atoms with E-state index in [9.17, 15) is 63.6 Å². The van der Waals surface area contributed by atoms with Crippen molar-refractivity contribution < 1.29 is 77.9 Å². The van der Waals surface area contributed by atoms with Crippen LogP contribution in [0.1, 0.15) is 87.5 Å². The fraction of sp³-hybridized carbons (Fsp3) is 0.786. The molecule has 2 fully saturated rings. The molecule has 4 amide bonds. The summed E-state index contributed by atoms with van der Waals surface area (Å²) in [6, 6.07) is -1.18. The van der Waals surface area contributed by atoms with Crippen molar-refractivity contribution in [3.8, 4) is 0 Å². The maximum absolute atomic E-state index is 13.4. The molecule has 1 unspecified atom stereocenters. The van der Waals surface area contributed by atoms with Gasteiger partial charge in [0.25, 0.3) is 11.8 Å². The largest absolute Gasteiger partial charge is 0.480 e. The monoisotopic (exact) mass is 929 g/mol. The summed E-state index contributed by atoms with van der Waals surface area (Å²) in [6.07, 6.45) is -0.487. The van der Waals surface area contributed by atoms with E-state index in [2.05, 4.69) is 10.6 Å². The summed E-state index contributed by atoms with van der Waals surface area (Å²) < 4.78 is 11.8. The van der Waals surface area contributed by atoms with Crippen molar-refractivity contribution in [2.75, 3.05) is 98.4 Å². The van der Waals surface area contributed by atoms with Crippen molar-refractivity contribution in [2.24, 2.45) is 10.8 Å².